The Balaban J connectivity index is 0.00000169. The predicted octanol–water partition coefficient (Wildman–Crippen LogP) is 0.163. The van der Waals surface area contributed by atoms with Crippen molar-refractivity contribution in [3.8, 4) is 0 Å². The number of piperazine rings is 1. The molecule has 0 aliphatic carbocycles. The van der Waals surface area contributed by atoms with Crippen LogP contribution < -0.4 is 5.32 Å². The van der Waals surface area contributed by atoms with E-state index in [2.05, 4.69) is 5.32 Å². The van der Waals surface area contributed by atoms with Crippen LogP contribution in [0.25, 0.3) is 0 Å². The zero-order chi connectivity index (χ0) is 10.1. The SMILES string of the molecule is Cl.O=S(=O)(N1CCNCC1)C(F)(F)F. The number of sulfonamides is 1. The van der Waals surface area contributed by atoms with Crippen molar-refractivity contribution in [3.05, 3.63) is 0 Å². The molecule has 14 heavy (non-hydrogen) atoms. The van der Waals surface area contributed by atoms with E-state index in [1.54, 1.807) is 0 Å². The van der Waals surface area contributed by atoms with Gasteiger partial charge in [-0.05, 0) is 0 Å². The molecular formula is C5H10ClF3N2O2S. The molecule has 0 radical (unpaired) electrons. The highest BCUT2D eigenvalue weighted by atomic mass is 35.5. The van der Waals surface area contributed by atoms with Crippen molar-refractivity contribution in [2.75, 3.05) is 26.2 Å². The zero-order valence-corrected chi connectivity index (χ0v) is 8.68. The second kappa shape index (κ2) is 4.65. The van der Waals surface area contributed by atoms with Gasteiger partial charge in [-0.25, -0.2) is 8.42 Å². The van der Waals surface area contributed by atoms with E-state index in [1.165, 1.54) is 0 Å². The molecule has 86 valence electrons. The molecule has 0 bridgehead atoms. The molecule has 0 amide bonds. The summed E-state index contributed by atoms with van der Waals surface area (Å²) < 4.78 is 57.9. The van der Waals surface area contributed by atoms with Gasteiger partial charge in [0, 0.05) is 26.2 Å². The topological polar surface area (TPSA) is 49.4 Å². The van der Waals surface area contributed by atoms with Gasteiger partial charge in [0.25, 0.3) is 0 Å². The summed E-state index contributed by atoms with van der Waals surface area (Å²) in [5.41, 5.74) is -5.18. The van der Waals surface area contributed by atoms with Crippen molar-refractivity contribution in [2.24, 2.45) is 0 Å². The Morgan fingerprint density at radius 3 is 1.93 bits per heavy atom. The summed E-state index contributed by atoms with van der Waals surface area (Å²) in [6.07, 6.45) is 0. The molecule has 0 atom stereocenters. The summed E-state index contributed by atoms with van der Waals surface area (Å²) >= 11 is 0. The fourth-order valence-corrected chi connectivity index (χ4v) is 1.99. The third kappa shape index (κ3) is 2.72. The Morgan fingerprint density at radius 1 is 1.14 bits per heavy atom. The van der Waals surface area contributed by atoms with E-state index in [0.717, 1.165) is 0 Å². The number of hydrogen-bond donors (Lipinski definition) is 1. The van der Waals surface area contributed by atoms with Crippen LogP contribution in [0.5, 0.6) is 0 Å². The largest absolute Gasteiger partial charge is 0.511 e. The predicted molar refractivity (Wildman–Crippen MR) is 46.7 cm³/mol. The minimum Gasteiger partial charge on any atom is -0.314 e. The molecule has 0 unspecified atom stereocenters. The third-order valence-electron chi connectivity index (χ3n) is 1.71. The minimum absolute atomic E-state index is 0. The highest BCUT2D eigenvalue weighted by Crippen LogP contribution is 2.26. The molecular weight excluding hydrogens is 245 g/mol. The summed E-state index contributed by atoms with van der Waals surface area (Å²) in [5, 5.41) is 2.76. The Bertz CT molecular complexity index is 273. The number of alkyl halides is 3. The number of nitrogens with one attached hydrogen (secondary N) is 1. The minimum atomic E-state index is -5.18. The number of halogens is 4. The summed E-state index contributed by atoms with van der Waals surface area (Å²) in [6.45, 7) is 0.272. The van der Waals surface area contributed by atoms with E-state index in [9.17, 15) is 21.6 Å². The third-order valence-corrected chi connectivity index (χ3v) is 3.34. The van der Waals surface area contributed by atoms with Crippen LogP contribution in [-0.2, 0) is 10.0 Å². The summed E-state index contributed by atoms with van der Waals surface area (Å²) in [7, 11) is -5.11. The molecule has 1 saturated heterocycles. The zero-order valence-electron chi connectivity index (χ0n) is 7.04. The molecule has 1 heterocycles. The molecule has 4 nitrogen and oxygen atoms in total. The number of hydrogen-bond acceptors (Lipinski definition) is 3. The average Bonchev–Trinajstić information content (AvgIpc) is 2.04. The van der Waals surface area contributed by atoms with Crippen LogP contribution in [0.15, 0.2) is 0 Å². The van der Waals surface area contributed by atoms with Gasteiger partial charge >= 0.3 is 15.5 Å². The smallest absolute Gasteiger partial charge is 0.314 e. The molecule has 1 aliphatic heterocycles. The van der Waals surface area contributed by atoms with Crippen molar-refractivity contribution in [1.29, 1.82) is 0 Å². The second-order valence-electron chi connectivity index (χ2n) is 2.60. The van der Waals surface area contributed by atoms with E-state index >= 15 is 0 Å². The molecule has 0 spiro atoms. The molecule has 1 rings (SSSR count). The van der Waals surface area contributed by atoms with Crippen molar-refractivity contribution in [3.63, 3.8) is 0 Å². The molecule has 0 aromatic rings. The van der Waals surface area contributed by atoms with Crippen LogP contribution in [0.3, 0.4) is 0 Å². The van der Waals surface area contributed by atoms with Crippen LogP contribution in [-0.4, -0.2) is 44.4 Å². The van der Waals surface area contributed by atoms with Gasteiger partial charge in [0.2, 0.25) is 0 Å². The van der Waals surface area contributed by atoms with Crippen LogP contribution >= 0.6 is 12.4 Å². The Hall–Kier alpha value is -0.0500. The quantitative estimate of drug-likeness (QED) is 0.725. The van der Waals surface area contributed by atoms with Gasteiger partial charge in [0.1, 0.15) is 0 Å². The molecule has 1 aliphatic rings. The normalized spacial score (nSPS) is 20.2. The maximum absolute atomic E-state index is 12.0. The number of nitrogens with zero attached hydrogens (tertiary/aromatic N) is 1. The molecule has 1 N–H and O–H groups in total. The fraction of sp³-hybridized carbons (Fsp3) is 1.00. The highest BCUT2D eigenvalue weighted by Gasteiger charge is 2.49. The van der Waals surface area contributed by atoms with Gasteiger partial charge < -0.3 is 5.32 Å². The van der Waals surface area contributed by atoms with Crippen molar-refractivity contribution in [2.45, 2.75) is 5.51 Å². The fourth-order valence-electron chi connectivity index (χ4n) is 1.03. The lowest BCUT2D eigenvalue weighted by molar-refractivity contribution is -0.0491. The van der Waals surface area contributed by atoms with Crippen LogP contribution in [0.1, 0.15) is 0 Å². The van der Waals surface area contributed by atoms with Gasteiger partial charge in [0.15, 0.2) is 0 Å². The van der Waals surface area contributed by atoms with Gasteiger partial charge in [-0.1, -0.05) is 0 Å². The Morgan fingerprint density at radius 2 is 1.57 bits per heavy atom. The van der Waals surface area contributed by atoms with E-state index in [4.69, 9.17) is 0 Å². The van der Waals surface area contributed by atoms with E-state index in [-0.39, 0.29) is 38.6 Å². The molecule has 9 heteroatoms. The number of rotatable bonds is 1. The summed E-state index contributed by atoms with van der Waals surface area (Å²) in [5.74, 6) is 0. The average molecular weight is 255 g/mol. The molecule has 0 aromatic heterocycles. The first-order valence-corrected chi connectivity index (χ1v) is 5.07. The maximum atomic E-state index is 12.0. The van der Waals surface area contributed by atoms with E-state index in [0.29, 0.717) is 4.31 Å². The highest BCUT2D eigenvalue weighted by molar-refractivity contribution is 7.90. The Labute approximate surface area is 85.9 Å². The molecule has 0 saturated carbocycles. The monoisotopic (exact) mass is 254 g/mol. The van der Waals surface area contributed by atoms with Crippen LogP contribution in [0.2, 0.25) is 0 Å². The van der Waals surface area contributed by atoms with Crippen LogP contribution in [0.4, 0.5) is 13.2 Å². The lowest BCUT2D eigenvalue weighted by atomic mass is 10.4. The molecule has 1 fully saturated rings. The van der Waals surface area contributed by atoms with E-state index < -0.39 is 15.5 Å². The standard InChI is InChI=1S/C5H9F3N2O2S.ClH/c6-5(7,8)13(11,12)10-3-1-9-2-4-10;/h9H,1-4H2;1H. The molecule has 0 aromatic carbocycles. The first-order valence-electron chi connectivity index (χ1n) is 3.63. The van der Waals surface area contributed by atoms with Crippen molar-refractivity contribution >= 4 is 22.4 Å². The van der Waals surface area contributed by atoms with Crippen molar-refractivity contribution in [1.82, 2.24) is 9.62 Å². The Kier molecular flexibility index (Phi) is 4.63. The first-order chi connectivity index (χ1) is 5.86. The maximum Gasteiger partial charge on any atom is 0.511 e. The lowest BCUT2D eigenvalue weighted by Crippen LogP contribution is -2.50. The van der Waals surface area contributed by atoms with Gasteiger partial charge in [-0.15, -0.1) is 12.4 Å². The van der Waals surface area contributed by atoms with Crippen molar-refractivity contribution < 1.29 is 21.6 Å². The van der Waals surface area contributed by atoms with Gasteiger partial charge in [-0.3, -0.25) is 0 Å². The lowest BCUT2D eigenvalue weighted by Gasteiger charge is -2.27. The second-order valence-corrected chi connectivity index (χ2v) is 4.53. The van der Waals surface area contributed by atoms with Crippen LogP contribution in [0, 0.1) is 0 Å². The first kappa shape index (κ1) is 13.9. The summed E-state index contributed by atoms with van der Waals surface area (Å²) in [4.78, 5) is 0. The van der Waals surface area contributed by atoms with Gasteiger partial charge in [-0.2, -0.15) is 17.5 Å². The van der Waals surface area contributed by atoms with Gasteiger partial charge in [0.05, 0.1) is 0 Å². The van der Waals surface area contributed by atoms with E-state index in [1.807, 2.05) is 0 Å². The summed E-state index contributed by atoms with van der Waals surface area (Å²) in [6, 6.07) is 0.